The smallest absolute Gasteiger partial charge is 0.165 e. The molecule has 1 aliphatic carbocycles. The molecule has 3 nitrogen and oxygen atoms in total. The van der Waals surface area contributed by atoms with Crippen LogP contribution in [0.15, 0.2) is 16.5 Å². The zero-order valence-corrected chi connectivity index (χ0v) is 12.7. The van der Waals surface area contributed by atoms with Gasteiger partial charge in [-0.3, -0.25) is 0 Å². The highest BCUT2D eigenvalue weighted by molar-refractivity contribution is 7.91. The Bertz CT molecular complexity index is 555. The topological polar surface area (TPSA) is 44.6 Å². The third-order valence-corrected chi connectivity index (χ3v) is 4.49. The van der Waals surface area contributed by atoms with Crippen molar-refractivity contribution < 1.29 is 18.1 Å². The summed E-state index contributed by atoms with van der Waals surface area (Å²) in [5.74, 6) is -0.492. The van der Waals surface area contributed by atoms with Crippen LogP contribution >= 0.6 is 0 Å². The summed E-state index contributed by atoms with van der Waals surface area (Å²) in [6.07, 6.45) is -1.39. The first-order valence-electron chi connectivity index (χ1n) is 6.26. The number of halogens is 2. The molecule has 0 N–H and O–H groups in total. The maximum Gasteiger partial charge on any atom is 0.165 e. The van der Waals surface area contributed by atoms with E-state index in [1.165, 1.54) is 19.2 Å². The predicted octanol–water partition coefficient (Wildman–Crippen LogP) is 2.98. The van der Waals surface area contributed by atoms with Crippen molar-refractivity contribution >= 4 is 17.1 Å². The van der Waals surface area contributed by atoms with Gasteiger partial charge in [0.2, 0.25) is 0 Å². The summed E-state index contributed by atoms with van der Waals surface area (Å²) in [5.41, 5.74) is 1.05. The highest BCUT2D eigenvalue weighted by atomic mass is 32.2. The first-order chi connectivity index (χ1) is 9.25. The largest absolute Gasteiger partial charge is 0.591 e. The summed E-state index contributed by atoms with van der Waals surface area (Å²) >= 11 is -1.56. The quantitative estimate of drug-likeness (QED) is 0.788. The molecule has 0 aromatic heterocycles. The van der Waals surface area contributed by atoms with Crippen LogP contribution in [0.2, 0.25) is 0 Å². The van der Waals surface area contributed by atoms with Crippen LogP contribution < -0.4 is 4.74 Å². The normalized spacial score (nSPS) is 21.9. The van der Waals surface area contributed by atoms with Crippen LogP contribution in [-0.4, -0.2) is 28.3 Å². The molecule has 0 spiro atoms. The molecule has 0 saturated carbocycles. The maximum absolute atomic E-state index is 14.1. The molecule has 0 bridgehead atoms. The Balaban J connectivity index is 2.49. The molecule has 2 rings (SSSR count). The molecule has 2 atom stereocenters. The molecular formula is C14H17F2NO2S. The van der Waals surface area contributed by atoms with Crippen molar-refractivity contribution in [2.75, 3.05) is 7.11 Å². The second kappa shape index (κ2) is 5.33. The molecule has 1 aromatic rings. The van der Waals surface area contributed by atoms with E-state index >= 15 is 0 Å². The third kappa shape index (κ3) is 2.67. The minimum Gasteiger partial charge on any atom is -0.591 e. The van der Waals surface area contributed by atoms with E-state index in [2.05, 4.69) is 4.40 Å². The molecule has 0 aliphatic heterocycles. The highest BCUT2D eigenvalue weighted by Crippen LogP contribution is 2.35. The van der Waals surface area contributed by atoms with Crippen LogP contribution in [0.3, 0.4) is 0 Å². The molecule has 0 unspecified atom stereocenters. The minimum atomic E-state index is -1.56. The fourth-order valence-electron chi connectivity index (χ4n) is 2.04. The summed E-state index contributed by atoms with van der Waals surface area (Å²) in [4.78, 5) is 0. The summed E-state index contributed by atoms with van der Waals surface area (Å²) < 4.78 is 48.2. The molecule has 0 heterocycles. The number of benzene rings is 1. The van der Waals surface area contributed by atoms with Crippen molar-refractivity contribution in [1.29, 1.82) is 0 Å². The van der Waals surface area contributed by atoms with E-state index in [1.807, 2.05) is 0 Å². The number of fused-ring (bicyclic) bond motifs is 1. The van der Waals surface area contributed by atoms with Crippen LogP contribution in [0.4, 0.5) is 8.78 Å². The number of hydrogen-bond acceptors (Lipinski definition) is 3. The van der Waals surface area contributed by atoms with E-state index in [-0.39, 0.29) is 17.9 Å². The molecule has 1 aliphatic rings. The van der Waals surface area contributed by atoms with E-state index in [0.717, 1.165) is 0 Å². The predicted molar refractivity (Wildman–Crippen MR) is 76.0 cm³/mol. The van der Waals surface area contributed by atoms with Crippen molar-refractivity contribution in [3.63, 3.8) is 0 Å². The van der Waals surface area contributed by atoms with Crippen LogP contribution in [0.5, 0.6) is 5.75 Å². The fraction of sp³-hybridized carbons (Fsp3) is 0.500. The number of hydrogen-bond donors (Lipinski definition) is 0. The van der Waals surface area contributed by atoms with Crippen molar-refractivity contribution in [2.45, 2.75) is 38.1 Å². The molecule has 0 radical (unpaired) electrons. The molecule has 0 amide bonds. The SMILES string of the molecule is COc1c(F)ccc2c1C[C@@H](F)/C2=N/[S@+]([O-])C(C)(C)C. The van der Waals surface area contributed by atoms with Crippen molar-refractivity contribution in [2.24, 2.45) is 4.40 Å². The second-order valence-electron chi connectivity index (χ2n) is 5.62. The van der Waals surface area contributed by atoms with Gasteiger partial charge in [0, 0.05) is 17.5 Å². The second-order valence-corrected chi connectivity index (χ2v) is 7.52. The van der Waals surface area contributed by atoms with E-state index in [4.69, 9.17) is 4.74 Å². The molecule has 6 heteroatoms. The Morgan fingerprint density at radius 2 is 2.05 bits per heavy atom. The van der Waals surface area contributed by atoms with Gasteiger partial charge in [-0.25, -0.2) is 8.78 Å². The highest BCUT2D eigenvalue weighted by Gasteiger charge is 2.36. The molecule has 0 fully saturated rings. The van der Waals surface area contributed by atoms with Crippen molar-refractivity contribution in [1.82, 2.24) is 0 Å². The van der Waals surface area contributed by atoms with Gasteiger partial charge in [0.05, 0.1) is 7.11 Å². The number of alkyl halides is 1. The zero-order valence-electron chi connectivity index (χ0n) is 11.9. The van der Waals surface area contributed by atoms with Crippen LogP contribution in [-0.2, 0) is 17.8 Å². The number of ether oxygens (including phenoxy) is 1. The summed E-state index contributed by atoms with van der Waals surface area (Å²) in [6.45, 7) is 5.30. The van der Waals surface area contributed by atoms with Gasteiger partial charge in [0.15, 0.2) is 17.7 Å². The summed E-state index contributed by atoms with van der Waals surface area (Å²) in [5, 5.41) is 0. The van der Waals surface area contributed by atoms with Crippen LogP contribution in [0.1, 0.15) is 31.9 Å². The Morgan fingerprint density at radius 3 is 2.60 bits per heavy atom. The van der Waals surface area contributed by atoms with E-state index in [1.54, 1.807) is 20.8 Å². The molecular weight excluding hydrogens is 284 g/mol. The lowest BCUT2D eigenvalue weighted by Gasteiger charge is -2.19. The summed E-state index contributed by atoms with van der Waals surface area (Å²) in [7, 11) is 1.34. The van der Waals surface area contributed by atoms with Crippen molar-refractivity contribution in [3.05, 3.63) is 29.1 Å². The maximum atomic E-state index is 14.1. The van der Waals surface area contributed by atoms with Gasteiger partial charge >= 0.3 is 0 Å². The zero-order chi connectivity index (χ0) is 15.1. The molecule has 1 aromatic carbocycles. The van der Waals surface area contributed by atoms with Crippen molar-refractivity contribution in [3.8, 4) is 5.75 Å². The van der Waals surface area contributed by atoms with Crippen LogP contribution in [0, 0.1) is 5.82 Å². The Hall–Kier alpha value is -1.14. The monoisotopic (exact) mass is 301 g/mol. The van der Waals surface area contributed by atoms with Gasteiger partial charge < -0.3 is 9.29 Å². The molecule has 110 valence electrons. The van der Waals surface area contributed by atoms with E-state index in [9.17, 15) is 13.3 Å². The molecule has 20 heavy (non-hydrogen) atoms. The number of nitrogens with zero attached hydrogens (tertiary/aromatic N) is 1. The first-order valence-corrected chi connectivity index (χ1v) is 7.36. The third-order valence-electron chi connectivity index (χ3n) is 3.08. The average molecular weight is 301 g/mol. The van der Waals surface area contributed by atoms with Gasteiger partial charge in [-0.2, -0.15) is 0 Å². The first kappa shape index (κ1) is 15.3. The van der Waals surface area contributed by atoms with Gasteiger partial charge in [-0.15, -0.1) is 0 Å². The van der Waals surface area contributed by atoms with Gasteiger partial charge in [-0.05, 0) is 32.9 Å². The Labute approximate surface area is 120 Å². The van der Waals surface area contributed by atoms with Gasteiger partial charge in [-0.1, -0.05) is 4.40 Å². The fourth-order valence-corrected chi connectivity index (χ4v) is 2.71. The number of methoxy groups -OCH3 is 1. The molecule has 0 saturated heterocycles. The Kier molecular flexibility index (Phi) is 4.07. The Morgan fingerprint density at radius 1 is 1.40 bits per heavy atom. The lowest BCUT2D eigenvalue weighted by Crippen LogP contribution is -2.28. The standard InChI is InChI=1S/C14H17F2NO2S/c1-14(2,3)20(18)17-12-8-5-6-10(15)13(19-4)9(8)7-11(12)16/h5-6,11H,7H2,1-4H3/b17-12+/t11-,20-/m1/s1. The van der Waals surface area contributed by atoms with E-state index < -0.39 is 28.1 Å². The minimum absolute atomic E-state index is 0.00353. The van der Waals surface area contributed by atoms with Crippen LogP contribution in [0.25, 0.3) is 0 Å². The van der Waals surface area contributed by atoms with E-state index in [0.29, 0.717) is 11.1 Å². The average Bonchev–Trinajstić information content (AvgIpc) is 2.65. The lowest BCUT2D eigenvalue weighted by atomic mass is 10.1. The van der Waals surface area contributed by atoms with Gasteiger partial charge in [0.25, 0.3) is 0 Å². The summed E-state index contributed by atoms with van der Waals surface area (Å²) in [6, 6.07) is 2.68. The lowest BCUT2D eigenvalue weighted by molar-refractivity contribution is 0.375. The number of rotatable bonds is 2. The van der Waals surface area contributed by atoms with Gasteiger partial charge in [0.1, 0.15) is 21.8 Å².